The van der Waals surface area contributed by atoms with Crippen LogP contribution in [0.1, 0.15) is 81.9 Å². The minimum Gasteiger partial charge on any atom is -0.466 e. The first-order valence-corrected chi connectivity index (χ1v) is 28.9. The quantitative estimate of drug-likeness (QED) is 0.0100. The van der Waals surface area contributed by atoms with Gasteiger partial charge >= 0.3 is 23.9 Å². The molecule has 0 aliphatic rings. The highest BCUT2D eigenvalue weighted by Crippen LogP contribution is 2.17. The highest BCUT2D eigenvalue weighted by molar-refractivity contribution is 5.94. The maximum absolute atomic E-state index is 11.7. The number of H-pyrrole nitrogens is 1. The second-order valence-corrected chi connectivity index (χ2v) is 18.8. The Morgan fingerprint density at radius 2 is 0.901 bits per heavy atom. The number of aromatic amines is 1. The van der Waals surface area contributed by atoms with Crippen molar-refractivity contribution < 1.29 is 42.9 Å². The number of carbonyl (C=O) groups is 5. The third kappa shape index (κ3) is 26.0. The van der Waals surface area contributed by atoms with E-state index in [0.29, 0.717) is 48.7 Å². The topological polar surface area (TPSA) is 356 Å². The Morgan fingerprint density at radius 1 is 0.505 bits per heavy atom. The molecule has 0 unspecified atom stereocenters. The number of azide groups is 3. The molecule has 5 heterocycles. The van der Waals surface area contributed by atoms with Gasteiger partial charge in [-0.05, 0) is 110 Å². The maximum Gasteiger partial charge on any atom is 0.354 e. The number of fused-ring (bicyclic) bond motifs is 1. The summed E-state index contributed by atoms with van der Waals surface area (Å²) in [7, 11) is 0. The molecule has 0 atom stereocenters. The van der Waals surface area contributed by atoms with Crippen molar-refractivity contribution in [3.63, 3.8) is 0 Å². The van der Waals surface area contributed by atoms with Crippen molar-refractivity contribution in [2.24, 2.45) is 15.3 Å². The number of hydrogen-bond acceptors (Lipinski definition) is 16. The smallest absolute Gasteiger partial charge is 0.354 e. The van der Waals surface area contributed by atoms with E-state index in [1.165, 1.54) is 34.4 Å². The van der Waals surface area contributed by atoms with E-state index in [9.17, 15) is 24.0 Å². The van der Waals surface area contributed by atoms with E-state index < -0.39 is 17.9 Å². The number of benzene rings is 4. The Morgan fingerprint density at radius 3 is 1.27 bits per heavy atom. The van der Waals surface area contributed by atoms with Gasteiger partial charge in [0.05, 0.1) is 56.8 Å². The van der Waals surface area contributed by atoms with Gasteiger partial charge in [0.15, 0.2) is 6.29 Å². The molecule has 0 saturated heterocycles. The molecule has 9 aromatic rings. The molecule has 1 N–H and O–H groups in total. The van der Waals surface area contributed by atoms with Gasteiger partial charge < -0.3 is 23.9 Å². The monoisotopic (exact) mass is 1230 g/mol. The van der Waals surface area contributed by atoms with E-state index in [0.717, 1.165) is 56.1 Å². The first-order chi connectivity index (χ1) is 44.4. The van der Waals surface area contributed by atoms with Gasteiger partial charge in [-0.25, -0.2) is 19.1 Å². The summed E-state index contributed by atoms with van der Waals surface area (Å²) in [6, 6.07) is 42.5. The van der Waals surface area contributed by atoms with E-state index in [1.54, 1.807) is 91.2 Å². The van der Waals surface area contributed by atoms with Crippen molar-refractivity contribution in [3.05, 3.63) is 258 Å². The number of esters is 4. The summed E-state index contributed by atoms with van der Waals surface area (Å²) in [6.07, 6.45) is 19.2. The molecule has 470 valence electrons. The summed E-state index contributed by atoms with van der Waals surface area (Å²) < 4.78 is 26.3. The molecule has 0 bridgehead atoms. The van der Waals surface area contributed by atoms with Gasteiger partial charge in [0.25, 0.3) is 0 Å². The molecule has 0 aliphatic carbocycles. The summed E-state index contributed by atoms with van der Waals surface area (Å²) in [4.78, 5) is 66.6. The largest absolute Gasteiger partial charge is 0.466 e. The van der Waals surface area contributed by atoms with Gasteiger partial charge in [-0.3, -0.25) is 23.6 Å². The molecule has 91 heavy (non-hydrogen) atoms. The number of aromatic nitrogens is 9. The number of carbonyl (C=O) groups excluding carboxylic acids is 5. The predicted octanol–water partition coefficient (Wildman–Crippen LogP) is 12.3. The van der Waals surface area contributed by atoms with Crippen LogP contribution < -0.4 is 0 Å². The molecule has 0 aliphatic heterocycles. The number of aldehydes is 1. The van der Waals surface area contributed by atoms with Crippen LogP contribution in [0.15, 0.2) is 198 Å². The van der Waals surface area contributed by atoms with Crippen LogP contribution in [0.25, 0.3) is 54.5 Å². The van der Waals surface area contributed by atoms with E-state index in [1.807, 2.05) is 77.5 Å². The zero-order chi connectivity index (χ0) is 65.3. The van der Waals surface area contributed by atoms with Gasteiger partial charge in [0.2, 0.25) is 0 Å². The van der Waals surface area contributed by atoms with Crippen molar-refractivity contribution in [1.82, 2.24) is 44.1 Å². The van der Waals surface area contributed by atoms with E-state index in [-0.39, 0.29) is 37.1 Å². The lowest BCUT2D eigenvalue weighted by Gasteiger charge is -2.03. The summed E-state index contributed by atoms with van der Waals surface area (Å²) in [6.45, 7) is 10.8. The summed E-state index contributed by atoms with van der Waals surface area (Å²) in [5.41, 5.74) is 32.9. The van der Waals surface area contributed by atoms with Crippen molar-refractivity contribution in [1.29, 1.82) is 0 Å². The summed E-state index contributed by atoms with van der Waals surface area (Å²) in [5, 5.41) is 27.6. The lowest BCUT2D eigenvalue weighted by atomic mass is 10.1. The number of hydrogen-bond donors (Lipinski definition) is 1. The number of rotatable bonds is 26. The molecular weight excluding hydrogens is 1160 g/mol. The Balaban J connectivity index is 0.000000213. The number of nitrogens with one attached hydrogen (secondary N) is 1. The molecule has 9 rings (SSSR count). The molecule has 0 fully saturated rings. The molecular formula is C64H70N18O9. The zero-order valence-corrected chi connectivity index (χ0v) is 50.9. The Kier molecular flexibility index (Phi) is 31.2. The lowest BCUT2D eigenvalue weighted by Crippen LogP contribution is -2.06. The lowest BCUT2D eigenvalue weighted by molar-refractivity contribution is -0.141. The number of aryl methyl sites for hydroxylation is 8. The average molecular weight is 1240 g/mol. The summed E-state index contributed by atoms with van der Waals surface area (Å²) >= 11 is 0. The van der Waals surface area contributed by atoms with E-state index in [2.05, 4.69) is 109 Å². The normalized spacial score (nSPS) is 10.5. The Labute approximate surface area is 524 Å². The second kappa shape index (κ2) is 40.6. The Hall–Kier alpha value is -11.8. The first kappa shape index (κ1) is 70.0. The van der Waals surface area contributed by atoms with Crippen molar-refractivity contribution in [2.75, 3.05) is 33.0 Å². The Bertz CT molecular complexity index is 3760. The molecule has 27 heteroatoms. The van der Waals surface area contributed by atoms with E-state index >= 15 is 0 Å². The maximum atomic E-state index is 11.7. The molecule has 0 radical (unpaired) electrons. The van der Waals surface area contributed by atoms with Crippen molar-refractivity contribution >= 4 is 53.3 Å². The fourth-order valence-corrected chi connectivity index (χ4v) is 8.09. The first-order valence-electron chi connectivity index (χ1n) is 28.9. The van der Waals surface area contributed by atoms with Crippen LogP contribution in [-0.2, 0) is 85.2 Å². The molecule has 5 aromatic heterocycles. The minimum atomic E-state index is -0.651. The predicted molar refractivity (Wildman–Crippen MR) is 341 cm³/mol. The second-order valence-electron chi connectivity index (χ2n) is 18.8. The van der Waals surface area contributed by atoms with E-state index in [4.69, 9.17) is 30.8 Å². The standard InChI is InChI=1S/2C16H17N5O2.C16H17N3O2.C12H12N2O.C4H7N3O2/c2*1-2-23-16(22)15(19-20-17)10-14-11-18-21(12-14)9-8-13-6-4-3-5-7-13;1-2-21-16(20)14-10-13-11-17-19(15(13)18-14)9-8-12-6-4-3-5-7-12;15-10-12-8-13-14(9-12)7-6-11-4-2-1-3-5-11;1-2-9-4(8)3-6-7-5/h2*3-7,10-12H,2,8-9H2,1H3;3-7,10-11,18H,2,8-9H2,1H3;1-5,8-10H,6-7H2;2-3H2,1H3/b2*15-10-;;;. The molecule has 0 amide bonds. The highest BCUT2D eigenvalue weighted by Gasteiger charge is 2.15. The zero-order valence-electron chi connectivity index (χ0n) is 50.9. The van der Waals surface area contributed by atoms with Crippen LogP contribution in [0.3, 0.4) is 0 Å². The van der Waals surface area contributed by atoms with Crippen LogP contribution in [0.5, 0.6) is 0 Å². The van der Waals surface area contributed by atoms with Gasteiger partial charge in [-0.15, -0.1) is 0 Å². The molecule has 4 aromatic carbocycles. The average Bonchev–Trinajstić information content (AvgIpc) is 2.28. The fourth-order valence-electron chi connectivity index (χ4n) is 8.09. The van der Waals surface area contributed by atoms with Gasteiger partial charge in [-0.1, -0.05) is 137 Å². The number of ether oxygens (including phenoxy) is 4. The molecule has 0 saturated carbocycles. The van der Waals surface area contributed by atoms with Gasteiger partial charge in [0, 0.05) is 76.0 Å². The van der Waals surface area contributed by atoms with Crippen LogP contribution in [0, 0.1) is 0 Å². The van der Waals surface area contributed by atoms with Crippen LogP contribution in [-0.4, -0.2) is 107 Å². The van der Waals surface area contributed by atoms with Crippen molar-refractivity contribution in [3.8, 4) is 0 Å². The third-order valence-electron chi connectivity index (χ3n) is 12.3. The van der Waals surface area contributed by atoms with Crippen LogP contribution >= 0.6 is 0 Å². The summed E-state index contributed by atoms with van der Waals surface area (Å²) in [5.74, 6) is -2.12. The van der Waals surface area contributed by atoms with Crippen LogP contribution in [0.2, 0.25) is 0 Å². The van der Waals surface area contributed by atoms with Gasteiger partial charge in [-0.2, -0.15) is 20.4 Å². The fraction of sp³-hybridized carbons (Fsp3) is 0.266. The van der Waals surface area contributed by atoms with Crippen LogP contribution in [0.4, 0.5) is 0 Å². The number of nitrogens with zero attached hydrogens (tertiary/aromatic N) is 17. The molecule has 0 spiro atoms. The molecule has 27 nitrogen and oxygen atoms in total. The third-order valence-corrected chi connectivity index (χ3v) is 12.3. The minimum absolute atomic E-state index is 0.0861. The van der Waals surface area contributed by atoms with Crippen molar-refractivity contribution in [2.45, 2.75) is 79.6 Å². The van der Waals surface area contributed by atoms with Gasteiger partial charge in [0.1, 0.15) is 29.3 Å². The highest BCUT2D eigenvalue weighted by atomic mass is 16.5. The SMILES string of the molecule is CCOC(=O)/C(=C/c1cnn(CCc2ccccc2)c1)N=[N+]=[N-].CCOC(=O)/C(=C/c1cnn(CCc2ccccc2)c1)N=[N+]=[N-].CCOC(=O)CN=[N+]=[N-].CCOC(=O)c1cc2cnn(CCc3ccccc3)c2[nH]1.O=Cc1cnn(CCc2ccccc2)c1.